The van der Waals surface area contributed by atoms with Crippen molar-refractivity contribution in [3.05, 3.63) is 12.2 Å². The second-order valence-electron chi connectivity index (χ2n) is 2.13. The summed E-state index contributed by atoms with van der Waals surface area (Å²) < 4.78 is 21.5. The van der Waals surface area contributed by atoms with E-state index in [4.69, 9.17) is 0 Å². The van der Waals surface area contributed by atoms with Crippen molar-refractivity contribution < 1.29 is 8.42 Å². The van der Waals surface area contributed by atoms with Gasteiger partial charge in [0.1, 0.15) is 5.25 Å². The van der Waals surface area contributed by atoms with Gasteiger partial charge in [0.05, 0.1) is 0 Å². The van der Waals surface area contributed by atoms with Gasteiger partial charge in [-0.25, -0.2) is 8.42 Å². The average molecular weight is 143 g/mol. The van der Waals surface area contributed by atoms with Gasteiger partial charge in [0.2, 0.25) is 0 Å². The molecule has 1 fully saturated rings. The summed E-state index contributed by atoms with van der Waals surface area (Å²) in [4.78, 5) is 3.76. The van der Waals surface area contributed by atoms with E-state index in [2.05, 4.69) is 4.99 Å². The summed E-state index contributed by atoms with van der Waals surface area (Å²) in [5.41, 5.74) is 0. The lowest BCUT2D eigenvalue weighted by atomic mass is 10.3. The minimum absolute atomic E-state index is 0.289. The minimum Gasteiger partial charge on any atom is -0.272 e. The number of rotatable bonds is 0. The van der Waals surface area contributed by atoms with Crippen LogP contribution in [0.2, 0.25) is 0 Å². The van der Waals surface area contributed by atoms with Crippen molar-refractivity contribution in [3.63, 3.8) is 0 Å². The van der Waals surface area contributed by atoms with Crippen LogP contribution in [0.25, 0.3) is 0 Å². The molecule has 3 nitrogen and oxygen atoms in total. The number of hydrogen-bond acceptors (Lipinski definition) is 3. The molecule has 0 aromatic heterocycles. The van der Waals surface area contributed by atoms with Gasteiger partial charge in [-0.1, -0.05) is 6.08 Å². The molecular weight excluding hydrogens is 138 g/mol. The summed E-state index contributed by atoms with van der Waals surface area (Å²) in [5, 5.41) is -0.718. The van der Waals surface area contributed by atoms with Gasteiger partial charge in [-0.2, -0.15) is 0 Å². The molecule has 4 heteroatoms. The third kappa shape index (κ3) is 0.510. The zero-order valence-corrected chi connectivity index (χ0v) is 5.38. The fourth-order valence-corrected chi connectivity index (χ4v) is 2.48. The van der Waals surface area contributed by atoms with Crippen LogP contribution in [0.4, 0.5) is 0 Å². The zero-order valence-electron chi connectivity index (χ0n) is 4.56. The Hall–Kier alpha value is -0.640. The molecule has 2 atom stereocenters. The van der Waals surface area contributed by atoms with E-state index in [0.717, 1.165) is 0 Å². The smallest absolute Gasteiger partial charge is 0.184 e. The fourth-order valence-electron chi connectivity index (χ4n) is 0.943. The number of dihydropyridines is 1. The maximum atomic E-state index is 10.7. The van der Waals surface area contributed by atoms with Gasteiger partial charge in [0.15, 0.2) is 15.2 Å². The highest BCUT2D eigenvalue weighted by molar-refractivity contribution is 8.00. The summed E-state index contributed by atoms with van der Waals surface area (Å²) in [6, 6.07) is 0. The first kappa shape index (κ1) is 5.17. The maximum absolute atomic E-state index is 10.7. The predicted octanol–water partition coefficient (Wildman–Crippen LogP) is -0.250. The van der Waals surface area contributed by atoms with Gasteiger partial charge in [-0.3, -0.25) is 4.99 Å². The van der Waals surface area contributed by atoms with Crippen LogP contribution >= 0.6 is 0 Å². The topological polar surface area (TPSA) is 46.5 Å². The van der Waals surface area contributed by atoms with Crippen LogP contribution in [0.3, 0.4) is 0 Å². The fraction of sp³-hybridized carbons (Fsp3) is 0.400. The Kier molecular flexibility index (Phi) is 0.725. The summed E-state index contributed by atoms with van der Waals surface area (Å²) >= 11 is 0. The first-order valence-electron chi connectivity index (χ1n) is 2.65. The molecule has 0 saturated carbocycles. The van der Waals surface area contributed by atoms with Crippen LogP contribution < -0.4 is 0 Å². The second kappa shape index (κ2) is 1.26. The molecule has 2 aliphatic rings. The van der Waals surface area contributed by atoms with E-state index in [1.807, 2.05) is 0 Å². The molecule has 2 aliphatic heterocycles. The van der Waals surface area contributed by atoms with Crippen LogP contribution in [-0.2, 0) is 9.84 Å². The lowest BCUT2D eigenvalue weighted by Gasteiger charge is -1.82. The van der Waals surface area contributed by atoms with E-state index >= 15 is 0 Å². The predicted molar refractivity (Wildman–Crippen MR) is 34.1 cm³/mol. The summed E-state index contributed by atoms with van der Waals surface area (Å²) in [5.74, 6) is 0. The molecule has 0 N–H and O–H groups in total. The first-order chi connectivity index (χ1) is 4.23. The number of nitrogens with zero attached hydrogens (tertiary/aromatic N) is 1. The molecule has 0 aliphatic carbocycles. The summed E-state index contributed by atoms with van der Waals surface area (Å²) in [6.45, 7) is 0. The quantitative estimate of drug-likeness (QED) is 0.439. The molecule has 1 saturated heterocycles. The van der Waals surface area contributed by atoms with Gasteiger partial charge in [-0.15, -0.1) is 0 Å². The highest BCUT2D eigenvalue weighted by atomic mass is 32.2. The largest absolute Gasteiger partial charge is 0.272 e. The lowest BCUT2D eigenvalue weighted by molar-refractivity contribution is 0.612. The van der Waals surface area contributed by atoms with Crippen molar-refractivity contribution in [2.24, 2.45) is 4.99 Å². The molecule has 2 rings (SSSR count). The molecule has 0 amide bonds. The molecule has 9 heavy (non-hydrogen) atoms. The third-order valence-electron chi connectivity index (χ3n) is 1.54. The Bertz CT molecular complexity index is 264. The van der Waals surface area contributed by atoms with Gasteiger partial charge < -0.3 is 0 Å². The van der Waals surface area contributed by atoms with E-state index in [-0.39, 0.29) is 5.25 Å². The Morgan fingerprint density at radius 1 is 1.44 bits per heavy atom. The van der Waals surface area contributed by atoms with Crippen LogP contribution in [0.15, 0.2) is 17.1 Å². The van der Waals surface area contributed by atoms with Crippen molar-refractivity contribution in [2.45, 2.75) is 10.6 Å². The molecule has 0 spiro atoms. The third-order valence-corrected chi connectivity index (χ3v) is 3.49. The van der Waals surface area contributed by atoms with Crippen molar-refractivity contribution in [1.29, 1.82) is 0 Å². The number of hydrogen-bond donors (Lipinski definition) is 0. The van der Waals surface area contributed by atoms with E-state index < -0.39 is 15.2 Å². The molecule has 0 radical (unpaired) electrons. The van der Waals surface area contributed by atoms with Crippen molar-refractivity contribution >= 4 is 16.1 Å². The molecular formula is C5H5NO2S. The molecule has 2 heterocycles. The Morgan fingerprint density at radius 2 is 2.22 bits per heavy atom. The van der Waals surface area contributed by atoms with Crippen LogP contribution in [-0.4, -0.2) is 25.3 Å². The Morgan fingerprint density at radius 3 is 2.67 bits per heavy atom. The second-order valence-corrected chi connectivity index (χ2v) is 4.33. The Balaban J connectivity index is 2.50. The molecule has 2 unspecified atom stereocenters. The average Bonchev–Trinajstić information content (AvgIpc) is 2.39. The highest BCUT2D eigenvalue weighted by Crippen LogP contribution is 2.36. The number of allylic oxidation sites excluding steroid dienone is 1. The molecule has 0 bridgehead atoms. The molecule has 0 aromatic carbocycles. The van der Waals surface area contributed by atoms with Crippen molar-refractivity contribution in [3.8, 4) is 0 Å². The number of sulfone groups is 1. The van der Waals surface area contributed by atoms with Gasteiger partial charge in [0, 0.05) is 6.21 Å². The van der Waals surface area contributed by atoms with Gasteiger partial charge in [-0.05, 0) is 6.08 Å². The summed E-state index contributed by atoms with van der Waals surface area (Å²) in [7, 11) is -2.82. The van der Waals surface area contributed by atoms with Crippen molar-refractivity contribution in [2.75, 3.05) is 0 Å². The SMILES string of the molecule is O=S1(=O)C2C=CC=NC21. The van der Waals surface area contributed by atoms with E-state index in [1.165, 1.54) is 6.21 Å². The normalized spacial score (nSPS) is 42.2. The monoisotopic (exact) mass is 143 g/mol. The number of aliphatic imine (C=N–C) groups is 1. The van der Waals surface area contributed by atoms with E-state index in [0.29, 0.717) is 0 Å². The first-order valence-corrected chi connectivity index (χ1v) is 4.26. The highest BCUT2D eigenvalue weighted by Gasteiger charge is 2.56. The van der Waals surface area contributed by atoms with Crippen LogP contribution in [0.1, 0.15) is 0 Å². The van der Waals surface area contributed by atoms with Crippen molar-refractivity contribution in [1.82, 2.24) is 0 Å². The van der Waals surface area contributed by atoms with Crippen LogP contribution in [0, 0.1) is 0 Å². The molecule has 48 valence electrons. The van der Waals surface area contributed by atoms with Crippen LogP contribution in [0.5, 0.6) is 0 Å². The standard InChI is InChI=1S/C5H5NO2S/c7-9(8)4-2-1-3-6-5(4)9/h1-5H. The van der Waals surface area contributed by atoms with Gasteiger partial charge in [0.25, 0.3) is 0 Å². The Labute approximate surface area is 53.0 Å². The summed E-state index contributed by atoms with van der Waals surface area (Å²) in [6.07, 6.45) is 4.88. The molecule has 0 aromatic rings. The number of fused-ring (bicyclic) bond motifs is 1. The van der Waals surface area contributed by atoms with E-state index in [9.17, 15) is 8.42 Å². The van der Waals surface area contributed by atoms with Gasteiger partial charge >= 0.3 is 0 Å². The lowest BCUT2D eigenvalue weighted by Crippen LogP contribution is -1.89. The van der Waals surface area contributed by atoms with E-state index in [1.54, 1.807) is 12.2 Å². The zero-order chi connectivity index (χ0) is 6.48. The maximum Gasteiger partial charge on any atom is 0.184 e. The minimum atomic E-state index is -2.82.